The summed E-state index contributed by atoms with van der Waals surface area (Å²) in [5.41, 5.74) is 1.28. The van der Waals surface area contributed by atoms with Crippen LogP contribution in [0.25, 0.3) is 0 Å². The molecule has 0 spiro atoms. The molecule has 0 saturated carbocycles. The Morgan fingerprint density at radius 1 is 1.15 bits per heavy atom. The van der Waals surface area contributed by atoms with Crippen molar-refractivity contribution in [2.24, 2.45) is 0 Å². The highest BCUT2D eigenvalue weighted by molar-refractivity contribution is 6.30. The molecule has 0 radical (unpaired) electrons. The third-order valence-electron chi connectivity index (χ3n) is 5.44. The maximum atomic E-state index is 12.4. The molecule has 0 bridgehead atoms. The molecule has 2 heterocycles. The SMILES string of the molecule is CN(CCN1CCOCC1)C(=O)NC1CCN(Cc2ccc(Cl)cc2)CC1. The molecule has 2 amide bonds. The van der Waals surface area contributed by atoms with E-state index in [2.05, 4.69) is 27.2 Å². The third-order valence-corrected chi connectivity index (χ3v) is 5.69. The first kappa shape index (κ1) is 20.4. The van der Waals surface area contributed by atoms with Gasteiger partial charge in [-0.1, -0.05) is 23.7 Å². The van der Waals surface area contributed by atoms with Crippen molar-refractivity contribution in [2.75, 3.05) is 59.5 Å². The second-order valence-electron chi connectivity index (χ2n) is 7.50. The number of nitrogens with zero attached hydrogens (tertiary/aromatic N) is 3. The lowest BCUT2D eigenvalue weighted by molar-refractivity contribution is 0.0356. The third kappa shape index (κ3) is 6.64. The maximum absolute atomic E-state index is 12.4. The molecule has 27 heavy (non-hydrogen) atoms. The number of ether oxygens (including phenoxy) is 1. The molecule has 2 aliphatic heterocycles. The van der Waals surface area contributed by atoms with Crippen molar-refractivity contribution in [1.82, 2.24) is 20.0 Å². The van der Waals surface area contributed by atoms with E-state index in [0.29, 0.717) is 0 Å². The van der Waals surface area contributed by atoms with Gasteiger partial charge in [-0.05, 0) is 30.5 Å². The summed E-state index contributed by atoms with van der Waals surface area (Å²) in [6, 6.07) is 8.36. The Morgan fingerprint density at radius 2 is 1.81 bits per heavy atom. The lowest BCUT2D eigenvalue weighted by Crippen LogP contribution is -2.49. The van der Waals surface area contributed by atoms with Gasteiger partial charge in [0.2, 0.25) is 0 Å². The van der Waals surface area contributed by atoms with Crippen molar-refractivity contribution in [2.45, 2.75) is 25.4 Å². The first-order valence-electron chi connectivity index (χ1n) is 9.88. The monoisotopic (exact) mass is 394 g/mol. The zero-order chi connectivity index (χ0) is 19.1. The molecule has 0 unspecified atom stereocenters. The molecular weight excluding hydrogens is 364 g/mol. The van der Waals surface area contributed by atoms with Crippen molar-refractivity contribution in [3.63, 3.8) is 0 Å². The quantitative estimate of drug-likeness (QED) is 0.804. The van der Waals surface area contributed by atoms with Crippen molar-refractivity contribution in [3.8, 4) is 0 Å². The average molecular weight is 395 g/mol. The zero-order valence-corrected chi connectivity index (χ0v) is 17.0. The van der Waals surface area contributed by atoms with Crippen molar-refractivity contribution in [3.05, 3.63) is 34.9 Å². The summed E-state index contributed by atoms with van der Waals surface area (Å²) in [5, 5.41) is 3.97. The largest absolute Gasteiger partial charge is 0.379 e. The number of halogens is 1. The lowest BCUT2D eigenvalue weighted by Gasteiger charge is -2.33. The van der Waals surface area contributed by atoms with Crippen LogP contribution in [-0.2, 0) is 11.3 Å². The van der Waals surface area contributed by atoms with Gasteiger partial charge in [-0.2, -0.15) is 0 Å². The van der Waals surface area contributed by atoms with Crippen LogP contribution in [0.2, 0.25) is 5.02 Å². The predicted octanol–water partition coefficient (Wildman–Crippen LogP) is 2.28. The fourth-order valence-corrected chi connectivity index (χ4v) is 3.71. The van der Waals surface area contributed by atoms with Gasteiger partial charge in [-0.15, -0.1) is 0 Å². The highest BCUT2D eigenvalue weighted by atomic mass is 35.5. The number of nitrogens with one attached hydrogen (secondary N) is 1. The second-order valence-corrected chi connectivity index (χ2v) is 7.94. The number of rotatable bonds is 6. The highest BCUT2D eigenvalue weighted by Gasteiger charge is 2.22. The number of benzene rings is 1. The van der Waals surface area contributed by atoms with Crippen LogP contribution >= 0.6 is 11.6 Å². The second kappa shape index (κ2) is 10.3. The van der Waals surface area contributed by atoms with Crippen LogP contribution in [0, 0.1) is 0 Å². The van der Waals surface area contributed by atoms with Crippen LogP contribution in [0.4, 0.5) is 4.79 Å². The van der Waals surface area contributed by atoms with E-state index in [0.717, 1.165) is 76.9 Å². The van der Waals surface area contributed by atoms with E-state index in [4.69, 9.17) is 16.3 Å². The minimum Gasteiger partial charge on any atom is -0.379 e. The summed E-state index contributed by atoms with van der Waals surface area (Å²) in [5.74, 6) is 0. The molecule has 3 rings (SSSR count). The van der Waals surface area contributed by atoms with Crippen molar-refractivity contribution >= 4 is 17.6 Å². The molecule has 2 saturated heterocycles. The van der Waals surface area contributed by atoms with Crippen LogP contribution in [-0.4, -0.2) is 86.3 Å². The fourth-order valence-electron chi connectivity index (χ4n) is 3.59. The van der Waals surface area contributed by atoms with Gasteiger partial charge in [0.05, 0.1) is 13.2 Å². The van der Waals surface area contributed by atoms with Gasteiger partial charge >= 0.3 is 6.03 Å². The van der Waals surface area contributed by atoms with Crippen molar-refractivity contribution in [1.29, 1.82) is 0 Å². The summed E-state index contributed by atoms with van der Waals surface area (Å²) in [6.45, 7) is 8.12. The van der Waals surface area contributed by atoms with Gasteiger partial charge in [0, 0.05) is 63.9 Å². The summed E-state index contributed by atoms with van der Waals surface area (Å²) >= 11 is 5.95. The number of urea groups is 1. The lowest BCUT2D eigenvalue weighted by atomic mass is 10.0. The number of piperidine rings is 1. The first-order chi connectivity index (χ1) is 13.1. The van der Waals surface area contributed by atoms with Gasteiger partial charge in [-0.3, -0.25) is 9.80 Å². The Kier molecular flexibility index (Phi) is 7.76. The number of amides is 2. The van der Waals surface area contributed by atoms with Gasteiger partial charge in [0.25, 0.3) is 0 Å². The maximum Gasteiger partial charge on any atom is 0.317 e. The van der Waals surface area contributed by atoms with Crippen LogP contribution in [0.15, 0.2) is 24.3 Å². The van der Waals surface area contributed by atoms with Crippen molar-refractivity contribution < 1.29 is 9.53 Å². The van der Waals surface area contributed by atoms with E-state index in [1.54, 1.807) is 4.90 Å². The van der Waals surface area contributed by atoms with Crippen LogP contribution < -0.4 is 5.32 Å². The molecule has 0 aliphatic carbocycles. The average Bonchev–Trinajstić information content (AvgIpc) is 2.70. The number of likely N-dealkylation sites (N-methyl/N-ethyl adjacent to an activating group) is 1. The number of hydrogen-bond acceptors (Lipinski definition) is 4. The van der Waals surface area contributed by atoms with Gasteiger partial charge < -0.3 is 15.0 Å². The Morgan fingerprint density at radius 3 is 2.48 bits per heavy atom. The number of carbonyl (C=O) groups excluding carboxylic acids is 1. The van der Waals surface area contributed by atoms with Crippen LogP contribution in [0.5, 0.6) is 0 Å². The van der Waals surface area contributed by atoms with Crippen LogP contribution in [0.3, 0.4) is 0 Å². The molecular formula is C20H31ClN4O2. The van der Waals surface area contributed by atoms with E-state index in [-0.39, 0.29) is 12.1 Å². The number of hydrogen-bond donors (Lipinski definition) is 1. The van der Waals surface area contributed by atoms with E-state index in [1.165, 1.54) is 5.56 Å². The van der Waals surface area contributed by atoms with E-state index in [9.17, 15) is 4.79 Å². The van der Waals surface area contributed by atoms with E-state index in [1.807, 2.05) is 19.2 Å². The zero-order valence-electron chi connectivity index (χ0n) is 16.2. The Bertz CT molecular complexity index is 584. The van der Waals surface area contributed by atoms with Gasteiger partial charge in [-0.25, -0.2) is 4.79 Å². The Labute approximate surface area is 167 Å². The Balaban J connectivity index is 1.34. The minimum absolute atomic E-state index is 0.0411. The standard InChI is InChI=1S/C20H31ClN4O2/c1-23(10-11-24-12-14-27-15-13-24)20(26)22-19-6-8-25(9-7-19)16-17-2-4-18(21)5-3-17/h2-5,19H,6-16H2,1H3,(H,22,26). The van der Waals surface area contributed by atoms with Crippen LogP contribution in [0.1, 0.15) is 18.4 Å². The number of carbonyl (C=O) groups is 1. The molecule has 2 aliphatic rings. The summed E-state index contributed by atoms with van der Waals surface area (Å²) in [6.07, 6.45) is 1.99. The summed E-state index contributed by atoms with van der Waals surface area (Å²) in [4.78, 5) is 19.0. The first-order valence-corrected chi connectivity index (χ1v) is 10.3. The van der Waals surface area contributed by atoms with E-state index < -0.39 is 0 Å². The molecule has 2 fully saturated rings. The molecule has 1 aromatic carbocycles. The minimum atomic E-state index is 0.0411. The normalized spacial score (nSPS) is 19.8. The Hall–Kier alpha value is -1.34. The number of likely N-dealkylation sites (tertiary alicyclic amines) is 1. The topological polar surface area (TPSA) is 48.1 Å². The number of morpholine rings is 1. The molecule has 1 N–H and O–H groups in total. The highest BCUT2D eigenvalue weighted by Crippen LogP contribution is 2.16. The molecule has 1 aromatic rings. The molecule has 150 valence electrons. The molecule has 0 aromatic heterocycles. The van der Waals surface area contributed by atoms with Gasteiger partial charge in [0.15, 0.2) is 0 Å². The summed E-state index contributed by atoms with van der Waals surface area (Å²) in [7, 11) is 1.88. The fraction of sp³-hybridized carbons (Fsp3) is 0.650. The van der Waals surface area contributed by atoms with Gasteiger partial charge in [0.1, 0.15) is 0 Å². The molecule has 7 heteroatoms. The molecule has 6 nitrogen and oxygen atoms in total. The summed E-state index contributed by atoms with van der Waals surface area (Å²) < 4.78 is 5.36. The molecule has 0 atom stereocenters. The predicted molar refractivity (Wildman–Crippen MR) is 108 cm³/mol. The van der Waals surface area contributed by atoms with E-state index >= 15 is 0 Å². The smallest absolute Gasteiger partial charge is 0.317 e.